The lowest BCUT2D eigenvalue weighted by Gasteiger charge is -2.29. The fourth-order valence-electron chi connectivity index (χ4n) is 4.51. The van der Waals surface area contributed by atoms with Crippen LogP contribution in [0.25, 0.3) is 0 Å². The molecule has 0 saturated carbocycles. The molecule has 0 aliphatic carbocycles. The molecular formula is C21H33ClN2O. The van der Waals surface area contributed by atoms with Crippen LogP contribution in [0, 0.1) is 5.92 Å². The summed E-state index contributed by atoms with van der Waals surface area (Å²) < 4.78 is 0. The normalized spacial score (nSPS) is 25.9. The van der Waals surface area contributed by atoms with E-state index in [0.717, 1.165) is 32.1 Å². The first-order valence-corrected chi connectivity index (χ1v) is 9.82. The van der Waals surface area contributed by atoms with Gasteiger partial charge in [-0.3, -0.25) is 4.79 Å². The maximum atomic E-state index is 12.5. The van der Waals surface area contributed by atoms with Gasteiger partial charge < -0.3 is 10.6 Å². The highest BCUT2D eigenvalue weighted by molar-refractivity contribution is 5.85. The molecule has 3 unspecified atom stereocenters. The van der Waals surface area contributed by atoms with E-state index in [1.54, 1.807) is 0 Å². The van der Waals surface area contributed by atoms with E-state index in [1.807, 2.05) is 0 Å². The van der Waals surface area contributed by atoms with Crippen LogP contribution in [0.3, 0.4) is 0 Å². The monoisotopic (exact) mass is 364 g/mol. The van der Waals surface area contributed by atoms with Crippen molar-refractivity contribution in [3.05, 3.63) is 35.9 Å². The number of hydrogen-bond donors (Lipinski definition) is 2. The molecule has 1 aromatic rings. The average Bonchev–Trinajstić information content (AvgIpc) is 2.92. The van der Waals surface area contributed by atoms with Gasteiger partial charge in [0.15, 0.2) is 0 Å². The second-order valence-corrected chi connectivity index (χ2v) is 7.76. The topological polar surface area (TPSA) is 41.1 Å². The van der Waals surface area contributed by atoms with Crippen molar-refractivity contribution in [1.29, 1.82) is 0 Å². The van der Waals surface area contributed by atoms with E-state index >= 15 is 0 Å². The fourth-order valence-corrected chi connectivity index (χ4v) is 4.51. The number of rotatable bonds is 8. The van der Waals surface area contributed by atoms with Gasteiger partial charge in [0.05, 0.1) is 0 Å². The molecule has 0 spiro atoms. The zero-order chi connectivity index (χ0) is 16.8. The first-order chi connectivity index (χ1) is 11.7. The van der Waals surface area contributed by atoms with Gasteiger partial charge in [-0.1, -0.05) is 43.7 Å². The molecule has 3 nitrogen and oxygen atoms in total. The summed E-state index contributed by atoms with van der Waals surface area (Å²) in [5.41, 5.74) is 1.36. The number of hydrogen-bond acceptors (Lipinski definition) is 2. The van der Waals surface area contributed by atoms with Crippen LogP contribution in [0.1, 0.15) is 63.9 Å². The van der Waals surface area contributed by atoms with Crippen LogP contribution in [0.4, 0.5) is 0 Å². The summed E-state index contributed by atoms with van der Waals surface area (Å²) >= 11 is 0. The van der Waals surface area contributed by atoms with Crippen molar-refractivity contribution in [2.75, 3.05) is 0 Å². The second kappa shape index (κ2) is 10.2. The number of carbonyl (C=O) groups excluding carboxylic acids is 1. The van der Waals surface area contributed by atoms with E-state index in [2.05, 4.69) is 47.9 Å². The molecule has 2 aliphatic rings. The Kier molecular flexibility index (Phi) is 8.25. The van der Waals surface area contributed by atoms with Crippen molar-refractivity contribution in [3.63, 3.8) is 0 Å². The molecule has 2 N–H and O–H groups in total. The molecule has 2 saturated heterocycles. The molecule has 1 aromatic carbocycles. The van der Waals surface area contributed by atoms with Crippen LogP contribution in [-0.2, 0) is 11.2 Å². The van der Waals surface area contributed by atoms with Crippen molar-refractivity contribution in [3.8, 4) is 0 Å². The van der Waals surface area contributed by atoms with Crippen LogP contribution in [0.5, 0.6) is 0 Å². The predicted molar refractivity (Wildman–Crippen MR) is 106 cm³/mol. The summed E-state index contributed by atoms with van der Waals surface area (Å²) in [6, 6.07) is 12.3. The Bertz CT molecular complexity index is 510. The first-order valence-electron chi connectivity index (χ1n) is 9.82. The van der Waals surface area contributed by atoms with Gasteiger partial charge in [0.2, 0.25) is 5.91 Å². The quantitative estimate of drug-likeness (QED) is 0.724. The van der Waals surface area contributed by atoms with Crippen LogP contribution >= 0.6 is 12.4 Å². The molecular weight excluding hydrogens is 332 g/mol. The highest BCUT2D eigenvalue weighted by Crippen LogP contribution is 2.32. The Morgan fingerprint density at radius 1 is 1.16 bits per heavy atom. The van der Waals surface area contributed by atoms with E-state index in [-0.39, 0.29) is 18.3 Å². The molecule has 2 heterocycles. The summed E-state index contributed by atoms with van der Waals surface area (Å²) in [5.74, 6) is 0.855. The van der Waals surface area contributed by atoms with Gasteiger partial charge in [0, 0.05) is 24.5 Å². The SMILES string of the molecule is CCCC(CCc1ccccc1)NC(=O)CC1CC2CCC(C1)N2.Cl. The number of halogens is 1. The van der Waals surface area contributed by atoms with Gasteiger partial charge in [-0.15, -0.1) is 12.4 Å². The van der Waals surface area contributed by atoms with E-state index < -0.39 is 0 Å². The first kappa shape index (κ1) is 20.3. The number of amides is 1. The summed E-state index contributed by atoms with van der Waals surface area (Å²) in [7, 11) is 0. The van der Waals surface area contributed by atoms with Crippen molar-refractivity contribution >= 4 is 18.3 Å². The highest BCUT2D eigenvalue weighted by atomic mass is 35.5. The molecule has 2 fully saturated rings. The number of piperidine rings is 1. The maximum absolute atomic E-state index is 12.5. The summed E-state index contributed by atoms with van der Waals surface area (Å²) in [4.78, 5) is 12.5. The lowest BCUT2D eigenvalue weighted by atomic mass is 9.89. The Morgan fingerprint density at radius 2 is 1.84 bits per heavy atom. The van der Waals surface area contributed by atoms with Crippen molar-refractivity contribution in [1.82, 2.24) is 10.6 Å². The smallest absolute Gasteiger partial charge is 0.220 e. The lowest BCUT2D eigenvalue weighted by Crippen LogP contribution is -2.41. The Hall–Kier alpha value is -1.06. The zero-order valence-electron chi connectivity index (χ0n) is 15.4. The third-order valence-corrected chi connectivity index (χ3v) is 5.67. The minimum atomic E-state index is 0. The van der Waals surface area contributed by atoms with Crippen molar-refractivity contribution < 1.29 is 4.79 Å². The molecule has 3 atom stereocenters. The largest absolute Gasteiger partial charge is 0.353 e. The van der Waals surface area contributed by atoms with Crippen molar-refractivity contribution in [2.24, 2.45) is 5.92 Å². The molecule has 0 aromatic heterocycles. The van der Waals surface area contributed by atoms with Gasteiger partial charge in [-0.25, -0.2) is 0 Å². The van der Waals surface area contributed by atoms with E-state index in [4.69, 9.17) is 0 Å². The molecule has 3 rings (SSSR count). The number of nitrogens with one attached hydrogen (secondary N) is 2. The number of aryl methyl sites for hydroxylation is 1. The van der Waals surface area contributed by atoms with Gasteiger partial charge in [0.1, 0.15) is 0 Å². The summed E-state index contributed by atoms with van der Waals surface area (Å²) in [6.45, 7) is 2.20. The highest BCUT2D eigenvalue weighted by Gasteiger charge is 2.34. The zero-order valence-corrected chi connectivity index (χ0v) is 16.2. The van der Waals surface area contributed by atoms with Gasteiger partial charge >= 0.3 is 0 Å². The van der Waals surface area contributed by atoms with E-state index in [9.17, 15) is 4.79 Å². The van der Waals surface area contributed by atoms with E-state index in [0.29, 0.717) is 24.0 Å². The summed E-state index contributed by atoms with van der Waals surface area (Å²) in [5, 5.41) is 6.99. The van der Waals surface area contributed by atoms with Crippen molar-refractivity contribution in [2.45, 2.75) is 82.8 Å². The second-order valence-electron chi connectivity index (χ2n) is 7.76. The van der Waals surface area contributed by atoms with Crippen LogP contribution in [0.15, 0.2) is 30.3 Å². The number of carbonyl (C=O) groups is 1. The molecule has 1 amide bonds. The minimum Gasteiger partial charge on any atom is -0.353 e. The van der Waals surface area contributed by atoms with Crippen LogP contribution in [0.2, 0.25) is 0 Å². The van der Waals surface area contributed by atoms with Crippen LogP contribution in [-0.4, -0.2) is 24.0 Å². The molecule has 4 heteroatoms. The number of fused-ring (bicyclic) bond motifs is 2. The van der Waals surface area contributed by atoms with Gasteiger partial charge in [-0.2, -0.15) is 0 Å². The molecule has 2 bridgehead atoms. The third-order valence-electron chi connectivity index (χ3n) is 5.67. The minimum absolute atomic E-state index is 0. The van der Waals surface area contributed by atoms with Crippen LogP contribution < -0.4 is 10.6 Å². The molecule has 2 aliphatic heterocycles. The Balaban J connectivity index is 0.00000225. The van der Waals surface area contributed by atoms with E-state index in [1.165, 1.54) is 31.2 Å². The van der Waals surface area contributed by atoms with Gasteiger partial charge in [0.25, 0.3) is 0 Å². The molecule has 0 radical (unpaired) electrons. The molecule has 140 valence electrons. The third kappa shape index (κ3) is 6.31. The predicted octanol–water partition coefficient (Wildman–Crippen LogP) is 4.25. The molecule has 25 heavy (non-hydrogen) atoms. The standard InChI is InChI=1S/C21H32N2O.ClH/c1-2-6-18(10-9-16-7-4-3-5-8-16)23-21(24)15-17-13-19-11-12-20(14-17)22-19;/h3-5,7-8,17-20,22H,2,6,9-15H2,1H3,(H,23,24);1H. The maximum Gasteiger partial charge on any atom is 0.220 e. The Morgan fingerprint density at radius 3 is 2.48 bits per heavy atom. The Labute approximate surface area is 158 Å². The average molecular weight is 365 g/mol. The fraction of sp³-hybridized carbons (Fsp3) is 0.667. The summed E-state index contributed by atoms with van der Waals surface area (Å²) in [6.07, 6.45) is 9.99. The number of benzene rings is 1. The van der Waals surface area contributed by atoms with Gasteiger partial charge in [-0.05, 0) is 56.4 Å². The lowest BCUT2D eigenvalue weighted by molar-refractivity contribution is -0.123.